The van der Waals surface area contributed by atoms with Crippen molar-refractivity contribution in [1.82, 2.24) is 0 Å². The molecule has 44 valence electrons. The van der Waals surface area contributed by atoms with Gasteiger partial charge in [-0.2, -0.15) is 0 Å². The molecule has 2 heteroatoms. The molecule has 0 aromatic rings. The van der Waals surface area contributed by atoms with Gasteiger partial charge in [0, 0.05) is 12.6 Å². The summed E-state index contributed by atoms with van der Waals surface area (Å²) in [6.45, 7) is 0. The van der Waals surface area contributed by atoms with E-state index in [2.05, 4.69) is 23.8 Å². The lowest BCUT2D eigenvalue weighted by molar-refractivity contribution is 1.49. The van der Waals surface area contributed by atoms with E-state index in [4.69, 9.17) is 0 Å². The van der Waals surface area contributed by atoms with Crippen LogP contribution in [-0.4, -0.2) is 31.4 Å². The zero-order valence-electron chi connectivity index (χ0n) is 5.43. The molecule has 7 heavy (non-hydrogen) atoms. The molecule has 1 nitrogen and oxygen atoms in total. The summed E-state index contributed by atoms with van der Waals surface area (Å²) < 4.78 is 0. The van der Waals surface area contributed by atoms with Gasteiger partial charge in [-0.25, -0.2) is 10.0 Å². The maximum absolute atomic E-state index is 3.92. The van der Waals surface area contributed by atoms with Gasteiger partial charge < -0.3 is 0 Å². The number of hydrogen-bond donors (Lipinski definition) is 0. The van der Waals surface area contributed by atoms with Crippen LogP contribution in [0.2, 0.25) is 0 Å². The van der Waals surface area contributed by atoms with Crippen LogP contribution in [0.5, 0.6) is 0 Å². The van der Waals surface area contributed by atoms with Gasteiger partial charge in [0.1, 0.15) is 0 Å². The lowest BCUT2D eigenvalue weighted by Crippen LogP contribution is -1.90. The zero-order valence-corrected chi connectivity index (χ0v) is 6.25. The Kier molecular flexibility index (Phi) is 2.37. The summed E-state index contributed by atoms with van der Waals surface area (Å²) in [5.74, 6) is 0. The van der Waals surface area contributed by atoms with Gasteiger partial charge in [0.05, 0.1) is 0 Å². The van der Waals surface area contributed by atoms with E-state index < -0.39 is 10.0 Å². The third-order valence-electron chi connectivity index (χ3n) is 0.422. The van der Waals surface area contributed by atoms with Crippen molar-refractivity contribution in [3.05, 3.63) is 0 Å². The minimum atomic E-state index is -0.466. The molecule has 0 unspecified atom stereocenters. The van der Waals surface area contributed by atoms with Crippen LogP contribution in [0.3, 0.4) is 0 Å². The molecular formula is C5H13NS. The van der Waals surface area contributed by atoms with Crippen molar-refractivity contribution in [2.24, 2.45) is 4.99 Å². The molecule has 0 N–H and O–H groups in total. The lowest BCUT2D eigenvalue weighted by atomic mass is 11.4. The van der Waals surface area contributed by atoms with E-state index in [-0.39, 0.29) is 0 Å². The van der Waals surface area contributed by atoms with Crippen molar-refractivity contribution in [2.75, 3.05) is 25.8 Å². The predicted octanol–water partition coefficient (Wildman–Crippen LogP) is 1.34. The molecule has 0 saturated carbocycles. The average molecular weight is 119 g/mol. The van der Waals surface area contributed by atoms with E-state index in [1.807, 2.05) is 12.6 Å². The Morgan fingerprint density at radius 2 is 1.71 bits per heavy atom. The molecule has 0 amide bonds. The van der Waals surface area contributed by atoms with Crippen LogP contribution in [0.1, 0.15) is 0 Å². The lowest BCUT2D eigenvalue weighted by Gasteiger charge is -2.16. The van der Waals surface area contributed by atoms with E-state index >= 15 is 0 Å². The topological polar surface area (TPSA) is 12.4 Å². The van der Waals surface area contributed by atoms with Gasteiger partial charge in [0.2, 0.25) is 0 Å². The minimum absolute atomic E-state index is 0.466. The molecule has 0 aliphatic heterocycles. The number of aliphatic imine (C=N–C) groups is 1. The van der Waals surface area contributed by atoms with Gasteiger partial charge in [0.25, 0.3) is 0 Å². The first kappa shape index (κ1) is 7.02. The predicted molar refractivity (Wildman–Crippen MR) is 39.8 cm³/mol. The smallest absolute Gasteiger partial charge is 0.0360 e. The number of nitrogens with zero attached hydrogens (tertiary/aromatic N) is 1. The van der Waals surface area contributed by atoms with E-state index in [0.29, 0.717) is 0 Å². The van der Waals surface area contributed by atoms with Crippen LogP contribution in [-0.2, 0) is 0 Å². The molecule has 0 heterocycles. The molecule has 0 fully saturated rings. The maximum atomic E-state index is 3.92. The van der Waals surface area contributed by atoms with Gasteiger partial charge in [-0.1, -0.05) is 0 Å². The second kappa shape index (κ2) is 2.36. The molecule has 0 radical (unpaired) electrons. The summed E-state index contributed by atoms with van der Waals surface area (Å²) in [4.78, 5) is 3.92. The molecule has 0 aliphatic rings. The highest BCUT2D eigenvalue weighted by atomic mass is 32.3. The second-order valence-corrected chi connectivity index (χ2v) is 6.37. The fourth-order valence-electron chi connectivity index (χ4n) is 0.316. The van der Waals surface area contributed by atoms with Gasteiger partial charge in [-0.3, -0.25) is 4.99 Å². The van der Waals surface area contributed by atoms with Crippen LogP contribution < -0.4 is 0 Å². The van der Waals surface area contributed by atoms with Crippen molar-refractivity contribution in [1.29, 1.82) is 0 Å². The number of hydrogen-bond acceptors (Lipinski definition) is 1. The van der Waals surface area contributed by atoms with Crippen molar-refractivity contribution in [3.8, 4) is 0 Å². The standard InChI is InChI=1S/C5H13NS/c1-6-5-7(2,3)4/h5H,1-4H3. The fourth-order valence-corrected chi connectivity index (χ4v) is 0.949. The van der Waals surface area contributed by atoms with E-state index in [1.165, 1.54) is 0 Å². The second-order valence-electron chi connectivity index (χ2n) is 2.30. The molecule has 0 aromatic heterocycles. The van der Waals surface area contributed by atoms with Crippen molar-refractivity contribution in [3.63, 3.8) is 0 Å². The van der Waals surface area contributed by atoms with Gasteiger partial charge in [-0.15, -0.1) is 0 Å². The monoisotopic (exact) mass is 119 g/mol. The van der Waals surface area contributed by atoms with Crippen molar-refractivity contribution in [2.45, 2.75) is 0 Å². The van der Waals surface area contributed by atoms with Crippen LogP contribution in [0.25, 0.3) is 0 Å². The Labute approximate surface area is 47.2 Å². The van der Waals surface area contributed by atoms with Crippen LogP contribution in [0.15, 0.2) is 4.99 Å². The Bertz CT molecular complexity index is 70.6. The molecule has 0 saturated heterocycles. The first-order valence-corrected chi connectivity index (χ1v) is 5.09. The summed E-state index contributed by atoms with van der Waals surface area (Å²) in [5.41, 5.74) is 2.02. The third-order valence-corrected chi connectivity index (χ3v) is 1.26. The summed E-state index contributed by atoms with van der Waals surface area (Å²) in [6, 6.07) is 0. The molecule has 0 aromatic carbocycles. The third kappa shape index (κ3) is 6.02. The normalized spacial score (nSPS) is 15.4. The van der Waals surface area contributed by atoms with Crippen LogP contribution in [0.4, 0.5) is 0 Å². The summed E-state index contributed by atoms with van der Waals surface area (Å²) in [5, 5.41) is 0. The SMILES string of the molecule is CN=CS(C)(C)C. The highest BCUT2D eigenvalue weighted by Gasteiger charge is 1.94. The molecular weight excluding hydrogens is 106 g/mol. The maximum Gasteiger partial charge on any atom is 0.0360 e. The molecule has 0 aliphatic carbocycles. The van der Waals surface area contributed by atoms with Crippen LogP contribution >= 0.6 is 10.0 Å². The van der Waals surface area contributed by atoms with Crippen LogP contribution in [0, 0.1) is 0 Å². The summed E-state index contributed by atoms with van der Waals surface area (Å²) >= 11 is 0. The summed E-state index contributed by atoms with van der Waals surface area (Å²) in [6.07, 6.45) is 6.62. The van der Waals surface area contributed by atoms with Gasteiger partial charge >= 0.3 is 0 Å². The Hall–Kier alpha value is 0.0200. The van der Waals surface area contributed by atoms with Gasteiger partial charge in [0.15, 0.2) is 0 Å². The molecule has 0 atom stereocenters. The van der Waals surface area contributed by atoms with E-state index in [1.54, 1.807) is 0 Å². The highest BCUT2D eigenvalue weighted by molar-refractivity contribution is 8.42. The Balaban J connectivity index is 3.56. The Morgan fingerprint density at radius 1 is 1.29 bits per heavy atom. The van der Waals surface area contributed by atoms with E-state index in [0.717, 1.165) is 0 Å². The minimum Gasteiger partial charge on any atom is -0.291 e. The zero-order chi connectivity index (χ0) is 5.91. The largest absolute Gasteiger partial charge is 0.291 e. The quantitative estimate of drug-likeness (QED) is 0.365. The number of rotatable bonds is 1. The molecule has 0 bridgehead atoms. The molecule has 0 spiro atoms. The Morgan fingerprint density at radius 3 is 1.71 bits per heavy atom. The summed E-state index contributed by atoms with van der Waals surface area (Å²) in [7, 11) is 1.35. The highest BCUT2D eigenvalue weighted by Crippen LogP contribution is 2.29. The van der Waals surface area contributed by atoms with Crippen molar-refractivity contribution >= 4 is 15.6 Å². The average Bonchev–Trinajstić information content (AvgIpc) is 1.30. The van der Waals surface area contributed by atoms with Gasteiger partial charge in [-0.05, 0) is 18.8 Å². The fraction of sp³-hybridized carbons (Fsp3) is 0.800. The van der Waals surface area contributed by atoms with E-state index in [9.17, 15) is 0 Å². The van der Waals surface area contributed by atoms with Crippen molar-refractivity contribution < 1.29 is 0 Å². The molecule has 0 rings (SSSR count). The first-order valence-electron chi connectivity index (χ1n) is 2.17. The first-order chi connectivity index (χ1) is 3.06.